The monoisotopic (exact) mass is 231 g/mol. The van der Waals surface area contributed by atoms with Crippen LogP contribution in [0.25, 0.3) is 11.0 Å². The third-order valence-corrected chi connectivity index (χ3v) is 2.89. The van der Waals surface area contributed by atoms with Crippen molar-refractivity contribution in [1.29, 1.82) is 0 Å². The van der Waals surface area contributed by atoms with E-state index in [2.05, 4.69) is 16.5 Å². The summed E-state index contributed by atoms with van der Waals surface area (Å²) in [6, 6.07) is 5.88. The molecular formula is C13H17N3O. The second-order valence-corrected chi connectivity index (χ2v) is 4.30. The fourth-order valence-electron chi connectivity index (χ4n) is 2.05. The predicted octanol–water partition coefficient (Wildman–Crippen LogP) is 1.55. The van der Waals surface area contributed by atoms with Gasteiger partial charge in [0.15, 0.2) is 0 Å². The summed E-state index contributed by atoms with van der Waals surface area (Å²) in [4.78, 5) is 15.5. The van der Waals surface area contributed by atoms with Crippen molar-refractivity contribution in [1.82, 2.24) is 9.55 Å². The molecule has 1 amide bonds. The van der Waals surface area contributed by atoms with Gasteiger partial charge in [0.2, 0.25) is 5.91 Å². The standard InChI is InChI=1S/C13H17N3O/c1-3-4-13-15-10-7-9(8-12(14)17)5-6-11(10)16(13)2/h5-7H,3-4,8H2,1-2H3,(H2,14,17). The molecule has 0 aliphatic carbocycles. The van der Waals surface area contributed by atoms with E-state index in [-0.39, 0.29) is 12.3 Å². The van der Waals surface area contributed by atoms with Gasteiger partial charge in [-0.3, -0.25) is 4.79 Å². The number of carbonyl (C=O) groups excluding carboxylic acids is 1. The molecule has 0 spiro atoms. The number of primary amides is 1. The Morgan fingerprint density at radius 1 is 1.47 bits per heavy atom. The van der Waals surface area contributed by atoms with E-state index >= 15 is 0 Å². The Bertz CT molecular complexity index is 557. The number of benzene rings is 1. The van der Waals surface area contributed by atoms with Crippen molar-refractivity contribution in [2.75, 3.05) is 0 Å². The van der Waals surface area contributed by atoms with Crippen molar-refractivity contribution in [3.8, 4) is 0 Å². The lowest BCUT2D eigenvalue weighted by atomic mass is 10.1. The van der Waals surface area contributed by atoms with Crippen LogP contribution in [0.15, 0.2) is 18.2 Å². The lowest BCUT2D eigenvalue weighted by molar-refractivity contribution is -0.117. The molecule has 1 aromatic carbocycles. The van der Waals surface area contributed by atoms with Gasteiger partial charge in [0.1, 0.15) is 5.82 Å². The molecule has 0 aliphatic rings. The molecule has 0 aliphatic heterocycles. The molecule has 1 heterocycles. The molecule has 1 aromatic heterocycles. The number of rotatable bonds is 4. The summed E-state index contributed by atoms with van der Waals surface area (Å²) >= 11 is 0. The molecule has 90 valence electrons. The van der Waals surface area contributed by atoms with Crippen LogP contribution in [0.1, 0.15) is 24.7 Å². The second kappa shape index (κ2) is 4.57. The van der Waals surface area contributed by atoms with E-state index in [1.54, 1.807) is 0 Å². The number of nitrogens with zero attached hydrogens (tertiary/aromatic N) is 2. The Morgan fingerprint density at radius 3 is 2.88 bits per heavy atom. The number of aryl methyl sites for hydroxylation is 2. The van der Waals surface area contributed by atoms with Crippen LogP contribution in [0.5, 0.6) is 0 Å². The highest BCUT2D eigenvalue weighted by atomic mass is 16.1. The Labute approximate surface area is 100 Å². The zero-order valence-electron chi connectivity index (χ0n) is 10.2. The normalized spacial score (nSPS) is 10.9. The maximum absolute atomic E-state index is 10.9. The summed E-state index contributed by atoms with van der Waals surface area (Å²) in [6.45, 7) is 2.14. The molecule has 17 heavy (non-hydrogen) atoms. The molecule has 0 radical (unpaired) electrons. The average Bonchev–Trinajstić information content (AvgIpc) is 2.55. The summed E-state index contributed by atoms with van der Waals surface area (Å²) in [6.07, 6.45) is 2.32. The lowest BCUT2D eigenvalue weighted by Gasteiger charge is -2.00. The van der Waals surface area contributed by atoms with Gasteiger partial charge >= 0.3 is 0 Å². The molecule has 0 unspecified atom stereocenters. The highest BCUT2D eigenvalue weighted by Crippen LogP contribution is 2.17. The Morgan fingerprint density at radius 2 is 2.24 bits per heavy atom. The molecule has 2 aromatic rings. The van der Waals surface area contributed by atoms with E-state index in [9.17, 15) is 4.79 Å². The number of fused-ring (bicyclic) bond motifs is 1. The maximum Gasteiger partial charge on any atom is 0.221 e. The van der Waals surface area contributed by atoms with Crippen LogP contribution in [0.2, 0.25) is 0 Å². The van der Waals surface area contributed by atoms with Crippen LogP contribution >= 0.6 is 0 Å². The molecule has 0 atom stereocenters. The van der Waals surface area contributed by atoms with Crippen LogP contribution in [-0.2, 0) is 24.7 Å². The largest absolute Gasteiger partial charge is 0.369 e. The van der Waals surface area contributed by atoms with Gasteiger partial charge in [-0.05, 0) is 24.1 Å². The summed E-state index contributed by atoms with van der Waals surface area (Å²) in [5.41, 5.74) is 8.15. The van der Waals surface area contributed by atoms with E-state index in [0.29, 0.717) is 0 Å². The third kappa shape index (κ3) is 2.30. The Hall–Kier alpha value is -1.84. The van der Waals surface area contributed by atoms with E-state index in [1.165, 1.54) is 0 Å². The Kier molecular flexibility index (Phi) is 3.13. The SMILES string of the molecule is CCCc1nc2cc(CC(N)=O)ccc2n1C. The van der Waals surface area contributed by atoms with Gasteiger partial charge in [0, 0.05) is 13.5 Å². The molecule has 0 saturated heterocycles. The minimum Gasteiger partial charge on any atom is -0.369 e. The summed E-state index contributed by atoms with van der Waals surface area (Å²) < 4.78 is 2.10. The van der Waals surface area contributed by atoms with Crippen molar-refractivity contribution >= 4 is 16.9 Å². The highest BCUT2D eigenvalue weighted by Gasteiger charge is 2.08. The molecule has 0 fully saturated rings. The molecule has 2 N–H and O–H groups in total. The number of nitrogens with two attached hydrogens (primary N) is 1. The molecule has 2 rings (SSSR count). The first-order valence-electron chi connectivity index (χ1n) is 5.84. The smallest absolute Gasteiger partial charge is 0.221 e. The molecule has 4 heteroatoms. The number of hydrogen-bond donors (Lipinski definition) is 1. The first-order valence-corrected chi connectivity index (χ1v) is 5.84. The van der Waals surface area contributed by atoms with Crippen molar-refractivity contribution in [3.63, 3.8) is 0 Å². The van der Waals surface area contributed by atoms with Gasteiger partial charge in [-0.2, -0.15) is 0 Å². The number of amides is 1. The maximum atomic E-state index is 10.9. The van der Waals surface area contributed by atoms with Gasteiger partial charge in [-0.1, -0.05) is 13.0 Å². The molecule has 0 saturated carbocycles. The van der Waals surface area contributed by atoms with Crippen LogP contribution < -0.4 is 5.73 Å². The molecule has 4 nitrogen and oxygen atoms in total. The topological polar surface area (TPSA) is 60.9 Å². The Balaban J connectivity index is 2.44. The highest BCUT2D eigenvalue weighted by molar-refractivity contribution is 5.81. The quantitative estimate of drug-likeness (QED) is 0.867. The fourth-order valence-corrected chi connectivity index (χ4v) is 2.05. The van der Waals surface area contributed by atoms with Crippen LogP contribution in [-0.4, -0.2) is 15.5 Å². The summed E-state index contributed by atoms with van der Waals surface area (Å²) in [5, 5.41) is 0. The van der Waals surface area contributed by atoms with Gasteiger partial charge < -0.3 is 10.3 Å². The van der Waals surface area contributed by atoms with Crippen molar-refractivity contribution in [3.05, 3.63) is 29.6 Å². The van der Waals surface area contributed by atoms with Gasteiger partial charge in [-0.25, -0.2) is 4.98 Å². The van der Waals surface area contributed by atoms with Crippen molar-refractivity contribution < 1.29 is 4.79 Å². The fraction of sp³-hybridized carbons (Fsp3) is 0.385. The number of carbonyl (C=O) groups is 1. The van der Waals surface area contributed by atoms with Gasteiger partial charge in [0.05, 0.1) is 17.5 Å². The van der Waals surface area contributed by atoms with Crippen molar-refractivity contribution in [2.45, 2.75) is 26.2 Å². The van der Waals surface area contributed by atoms with E-state index in [1.807, 2.05) is 25.2 Å². The van der Waals surface area contributed by atoms with Crippen LogP contribution in [0.4, 0.5) is 0 Å². The number of aromatic nitrogens is 2. The zero-order chi connectivity index (χ0) is 12.4. The summed E-state index contributed by atoms with van der Waals surface area (Å²) in [5.74, 6) is 0.771. The van der Waals surface area contributed by atoms with Crippen LogP contribution in [0.3, 0.4) is 0 Å². The summed E-state index contributed by atoms with van der Waals surface area (Å²) in [7, 11) is 2.02. The minimum absolute atomic E-state index is 0.273. The second-order valence-electron chi connectivity index (χ2n) is 4.30. The third-order valence-electron chi connectivity index (χ3n) is 2.89. The number of imidazole rings is 1. The molecule has 0 bridgehead atoms. The minimum atomic E-state index is -0.311. The first-order chi connectivity index (χ1) is 8.11. The van der Waals surface area contributed by atoms with E-state index < -0.39 is 0 Å². The van der Waals surface area contributed by atoms with E-state index in [0.717, 1.165) is 35.3 Å². The first kappa shape index (κ1) is 11.6. The van der Waals surface area contributed by atoms with Crippen LogP contribution in [0, 0.1) is 0 Å². The zero-order valence-corrected chi connectivity index (χ0v) is 10.2. The predicted molar refractivity (Wildman–Crippen MR) is 67.6 cm³/mol. The molecular weight excluding hydrogens is 214 g/mol. The van der Waals surface area contributed by atoms with Gasteiger partial charge in [0.25, 0.3) is 0 Å². The van der Waals surface area contributed by atoms with Gasteiger partial charge in [-0.15, -0.1) is 0 Å². The lowest BCUT2D eigenvalue weighted by Crippen LogP contribution is -2.13. The van der Waals surface area contributed by atoms with E-state index in [4.69, 9.17) is 5.73 Å². The average molecular weight is 231 g/mol. The number of hydrogen-bond acceptors (Lipinski definition) is 2. The van der Waals surface area contributed by atoms with Crippen molar-refractivity contribution in [2.24, 2.45) is 12.8 Å².